The van der Waals surface area contributed by atoms with E-state index in [1.165, 1.54) is 17.0 Å². The number of carbonyl (C=O) groups is 2. The van der Waals surface area contributed by atoms with Crippen molar-refractivity contribution in [1.82, 2.24) is 9.78 Å². The summed E-state index contributed by atoms with van der Waals surface area (Å²) >= 11 is 0. The number of aromatic nitrogens is 2. The average Bonchev–Trinajstić information content (AvgIpc) is 3.32. The Balaban J connectivity index is 1.86. The standard InChI is InChI=1S/C21H22FN5O3/c1-2-4-15(23)20(28)24-19-18-16(26-11-12-30-21(26)29)5-3-6-17(18)27(25-19)14-9-7-13(22)8-10-14/h3,5-10,15H,2,4,11-12,23H2,1H3,(H,24,25,28)/t15-/m0/s1. The molecule has 0 unspecified atom stereocenters. The molecule has 156 valence electrons. The molecule has 1 aliphatic heterocycles. The fourth-order valence-electron chi connectivity index (χ4n) is 3.51. The van der Waals surface area contributed by atoms with Gasteiger partial charge in [-0.3, -0.25) is 9.69 Å². The second-order valence-corrected chi connectivity index (χ2v) is 7.06. The fourth-order valence-corrected chi connectivity index (χ4v) is 3.51. The zero-order valence-corrected chi connectivity index (χ0v) is 16.5. The van der Waals surface area contributed by atoms with E-state index in [-0.39, 0.29) is 24.1 Å². The van der Waals surface area contributed by atoms with Crippen molar-refractivity contribution < 1.29 is 18.7 Å². The Labute approximate surface area is 172 Å². The average molecular weight is 411 g/mol. The number of benzene rings is 2. The Morgan fingerprint density at radius 3 is 2.73 bits per heavy atom. The monoisotopic (exact) mass is 411 g/mol. The van der Waals surface area contributed by atoms with Crippen LogP contribution in [-0.4, -0.2) is 41.0 Å². The highest BCUT2D eigenvalue weighted by atomic mass is 19.1. The predicted octanol–water partition coefficient (Wildman–Crippen LogP) is 3.19. The third-order valence-corrected chi connectivity index (χ3v) is 4.99. The highest BCUT2D eigenvalue weighted by Crippen LogP contribution is 2.35. The number of nitrogens with one attached hydrogen (secondary N) is 1. The molecular formula is C21H22FN5O3. The van der Waals surface area contributed by atoms with E-state index in [1.807, 2.05) is 13.0 Å². The molecule has 1 aromatic heterocycles. The molecule has 0 spiro atoms. The number of fused-ring (bicyclic) bond motifs is 1. The number of halogens is 1. The Kier molecular flexibility index (Phi) is 5.37. The zero-order chi connectivity index (χ0) is 21.3. The first-order valence-electron chi connectivity index (χ1n) is 9.78. The van der Waals surface area contributed by atoms with Crippen LogP contribution in [-0.2, 0) is 9.53 Å². The van der Waals surface area contributed by atoms with Gasteiger partial charge in [0.25, 0.3) is 0 Å². The highest BCUT2D eigenvalue weighted by molar-refractivity contribution is 6.10. The number of anilines is 2. The molecule has 2 aromatic carbocycles. The lowest BCUT2D eigenvalue weighted by molar-refractivity contribution is -0.117. The summed E-state index contributed by atoms with van der Waals surface area (Å²) in [6, 6.07) is 10.6. The molecule has 1 fully saturated rings. The molecule has 1 saturated heterocycles. The Hall–Kier alpha value is -3.46. The fraction of sp³-hybridized carbons (Fsp3) is 0.286. The van der Waals surface area contributed by atoms with Gasteiger partial charge in [0.05, 0.1) is 34.9 Å². The van der Waals surface area contributed by atoms with Gasteiger partial charge in [-0.25, -0.2) is 13.9 Å². The molecule has 9 heteroatoms. The third-order valence-electron chi connectivity index (χ3n) is 4.99. The summed E-state index contributed by atoms with van der Waals surface area (Å²) in [5.74, 6) is -0.447. The summed E-state index contributed by atoms with van der Waals surface area (Å²) in [7, 11) is 0. The molecule has 3 N–H and O–H groups in total. The molecule has 4 rings (SSSR count). The van der Waals surface area contributed by atoms with Crippen molar-refractivity contribution in [3.63, 3.8) is 0 Å². The molecule has 0 radical (unpaired) electrons. The minimum Gasteiger partial charge on any atom is -0.447 e. The van der Waals surface area contributed by atoms with Gasteiger partial charge >= 0.3 is 6.09 Å². The Morgan fingerprint density at radius 2 is 2.07 bits per heavy atom. The van der Waals surface area contributed by atoms with Gasteiger partial charge in [-0.1, -0.05) is 19.4 Å². The molecule has 1 atom stereocenters. The second-order valence-electron chi connectivity index (χ2n) is 7.06. The number of carbonyl (C=O) groups excluding carboxylic acids is 2. The van der Waals surface area contributed by atoms with Crippen LogP contribution in [0.25, 0.3) is 16.6 Å². The van der Waals surface area contributed by atoms with Gasteiger partial charge in [0.15, 0.2) is 5.82 Å². The summed E-state index contributed by atoms with van der Waals surface area (Å²) in [6.07, 6.45) is 0.842. The van der Waals surface area contributed by atoms with Crippen molar-refractivity contribution in [1.29, 1.82) is 0 Å². The molecule has 2 amide bonds. The van der Waals surface area contributed by atoms with E-state index in [9.17, 15) is 14.0 Å². The van der Waals surface area contributed by atoms with Gasteiger partial charge in [0.2, 0.25) is 5.91 Å². The summed E-state index contributed by atoms with van der Waals surface area (Å²) in [5, 5.41) is 7.94. The highest BCUT2D eigenvalue weighted by Gasteiger charge is 2.28. The topological polar surface area (TPSA) is 102 Å². The van der Waals surface area contributed by atoms with E-state index in [4.69, 9.17) is 10.5 Å². The molecule has 0 aliphatic carbocycles. The minimum atomic E-state index is -0.676. The van der Waals surface area contributed by atoms with Crippen molar-refractivity contribution in [2.75, 3.05) is 23.4 Å². The van der Waals surface area contributed by atoms with Crippen LogP contribution in [0.2, 0.25) is 0 Å². The predicted molar refractivity (Wildman–Crippen MR) is 111 cm³/mol. The van der Waals surface area contributed by atoms with Gasteiger partial charge in [-0.2, -0.15) is 0 Å². The van der Waals surface area contributed by atoms with Crippen LogP contribution in [0, 0.1) is 5.82 Å². The zero-order valence-electron chi connectivity index (χ0n) is 16.5. The molecule has 8 nitrogen and oxygen atoms in total. The number of hydrogen-bond donors (Lipinski definition) is 2. The van der Waals surface area contributed by atoms with Gasteiger partial charge in [0, 0.05) is 0 Å². The number of nitrogens with zero attached hydrogens (tertiary/aromatic N) is 3. The number of hydrogen-bond acceptors (Lipinski definition) is 5. The van der Waals surface area contributed by atoms with Gasteiger partial charge < -0.3 is 15.8 Å². The van der Waals surface area contributed by atoms with Gasteiger partial charge in [-0.05, 0) is 42.8 Å². The molecule has 0 saturated carbocycles. The molecule has 0 bridgehead atoms. The number of cyclic esters (lactones) is 1. The van der Waals surface area contributed by atoms with Gasteiger partial charge in [-0.15, -0.1) is 5.10 Å². The van der Waals surface area contributed by atoms with Crippen molar-refractivity contribution in [2.45, 2.75) is 25.8 Å². The smallest absolute Gasteiger partial charge is 0.414 e. The van der Waals surface area contributed by atoms with E-state index in [0.717, 1.165) is 6.42 Å². The summed E-state index contributed by atoms with van der Waals surface area (Å²) < 4.78 is 20.1. The first-order valence-corrected chi connectivity index (χ1v) is 9.78. The summed E-state index contributed by atoms with van der Waals surface area (Å²) in [4.78, 5) is 26.3. The summed E-state index contributed by atoms with van der Waals surface area (Å²) in [6.45, 7) is 2.62. The number of amides is 2. The maximum atomic E-state index is 13.4. The third kappa shape index (κ3) is 3.59. The van der Waals surface area contributed by atoms with Gasteiger partial charge in [0.1, 0.15) is 12.4 Å². The minimum absolute atomic E-state index is 0.279. The quantitative estimate of drug-likeness (QED) is 0.649. The lowest BCUT2D eigenvalue weighted by Gasteiger charge is -2.15. The van der Waals surface area contributed by atoms with Crippen molar-refractivity contribution >= 4 is 34.4 Å². The molecule has 3 aromatic rings. The number of rotatable bonds is 6. The first kappa shape index (κ1) is 19.8. The Bertz CT molecular complexity index is 1100. The molecule has 1 aliphatic rings. The van der Waals surface area contributed by atoms with E-state index >= 15 is 0 Å². The van der Waals surface area contributed by atoms with Crippen LogP contribution in [0.15, 0.2) is 42.5 Å². The van der Waals surface area contributed by atoms with E-state index in [1.54, 1.807) is 28.9 Å². The van der Waals surface area contributed by atoms with E-state index < -0.39 is 12.1 Å². The lowest BCUT2D eigenvalue weighted by atomic mass is 10.1. The normalized spacial score (nSPS) is 14.8. The van der Waals surface area contributed by atoms with Crippen LogP contribution in [0.1, 0.15) is 19.8 Å². The van der Waals surface area contributed by atoms with E-state index in [2.05, 4.69) is 10.4 Å². The molecule has 2 heterocycles. The van der Waals surface area contributed by atoms with Crippen molar-refractivity contribution in [3.8, 4) is 5.69 Å². The number of nitrogens with two attached hydrogens (primary N) is 1. The number of ether oxygens (including phenoxy) is 1. The van der Waals surface area contributed by atoms with Crippen molar-refractivity contribution in [3.05, 3.63) is 48.3 Å². The molecular weight excluding hydrogens is 389 g/mol. The van der Waals surface area contributed by atoms with Crippen LogP contribution >= 0.6 is 0 Å². The largest absolute Gasteiger partial charge is 0.447 e. The first-order chi connectivity index (χ1) is 14.5. The lowest BCUT2D eigenvalue weighted by Crippen LogP contribution is -2.35. The van der Waals surface area contributed by atoms with Crippen LogP contribution in [0.5, 0.6) is 0 Å². The maximum Gasteiger partial charge on any atom is 0.414 e. The Morgan fingerprint density at radius 1 is 1.30 bits per heavy atom. The van der Waals surface area contributed by atoms with E-state index in [0.29, 0.717) is 35.2 Å². The maximum absolute atomic E-state index is 13.4. The summed E-state index contributed by atoms with van der Waals surface area (Å²) in [5.41, 5.74) is 7.80. The molecule has 30 heavy (non-hydrogen) atoms. The van der Waals surface area contributed by atoms with Crippen molar-refractivity contribution in [2.24, 2.45) is 5.73 Å². The van der Waals surface area contributed by atoms with Crippen LogP contribution in [0.4, 0.5) is 20.7 Å². The second kappa shape index (κ2) is 8.11. The van der Waals surface area contributed by atoms with Crippen LogP contribution in [0.3, 0.4) is 0 Å². The van der Waals surface area contributed by atoms with Crippen LogP contribution < -0.4 is 16.0 Å². The SMILES string of the molecule is CCC[C@H](N)C(=O)Nc1nn(-c2ccc(F)cc2)c2cccc(N3CCOC3=O)c12.